The van der Waals surface area contributed by atoms with E-state index in [2.05, 4.69) is 5.32 Å². The largest absolute Gasteiger partial charge is 0.495 e. The number of ether oxygens (including phenoxy) is 5. The Bertz CT molecular complexity index is 1220. The summed E-state index contributed by atoms with van der Waals surface area (Å²) in [5.74, 6) is -0.0497. The molecule has 4 bridgehead atoms. The smallest absolute Gasteiger partial charge is 0.409 e. The molecule has 41 heavy (non-hydrogen) atoms. The molecule has 2 amide bonds. The van der Waals surface area contributed by atoms with Crippen LogP contribution in [0, 0.1) is 5.92 Å². The summed E-state index contributed by atoms with van der Waals surface area (Å²) in [6.45, 7) is 8.00. The Hall–Kier alpha value is -2.63. The molecule has 4 rings (SSSR count). The predicted octanol–water partition coefficient (Wildman–Crippen LogP) is 4.16. The van der Waals surface area contributed by atoms with Crippen molar-refractivity contribution in [2.75, 3.05) is 32.8 Å². The highest BCUT2D eigenvalue weighted by atomic mass is 35.5. The summed E-state index contributed by atoms with van der Waals surface area (Å²) in [5, 5.41) is 14.4. The lowest BCUT2D eigenvalue weighted by atomic mass is 9.83. The van der Waals surface area contributed by atoms with E-state index in [-0.39, 0.29) is 30.8 Å². The van der Waals surface area contributed by atoms with Crippen molar-refractivity contribution in [3.8, 4) is 5.75 Å². The number of alkyl carbamates (subject to hydrolysis) is 1. The average Bonchev–Trinajstić information content (AvgIpc) is 3.62. The molecule has 2 fully saturated rings. The van der Waals surface area contributed by atoms with E-state index in [1.165, 1.54) is 19.1 Å². The van der Waals surface area contributed by atoms with Gasteiger partial charge in [-0.05, 0) is 44.9 Å². The van der Waals surface area contributed by atoms with Crippen LogP contribution in [0.3, 0.4) is 0 Å². The first-order valence-electron chi connectivity index (χ1n) is 13.9. The molecule has 1 aromatic carbocycles. The SMILES string of the molecule is CCOC1CC(=O)N(C)c2cc(cc(OC)c2Cl)C/C(C)=C/C=C/C(OC)C2(O)CC(OC(=O)N2)C(C)C2OC12C. The van der Waals surface area contributed by atoms with Gasteiger partial charge < -0.3 is 33.7 Å². The summed E-state index contributed by atoms with van der Waals surface area (Å²) in [4.78, 5) is 27.7. The maximum atomic E-state index is 13.6. The first-order valence-corrected chi connectivity index (χ1v) is 14.2. The minimum atomic E-state index is -1.70. The molecule has 0 aromatic heterocycles. The van der Waals surface area contributed by atoms with Crippen molar-refractivity contribution in [3.63, 3.8) is 0 Å². The molecule has 3 heterocycles. The highest BCUT2D eigenvalue weighted by molar-refractivity contribution is 6.35. The lowest BCUT2D eigenvalue weighted by molar-refractivity contribution is -0.142. The first kappa shape index (κ1) is 31.3. The highest BCUT2D eigenvalue weighted by Gasteiger charge is 2.63. The number of nitrogens with zero attached hydrogens (tertiary/aromatic N) is 1. The molecule has 0 radical (unpaired) electrons. The molecule has 2 saturated heterocycles. The van der Waals surface area contributed by atoms with Gasteiger partial charge in [0, 0.05) is 33.1 Å². The van der Waals surface area contributed by atoms with Gasteiger partial charge in [-0.25, -0.2) is 4.79 Å². The van der Waals surface area contributed by atoms with Crippen LogP contribution in [0.1, 0.15) is 46.1 Å². The number of carbonyl (C=O) groups excluding carboxylic acids is 2. The molecule has 3 aliphatic rings. The summed E-state index contributed by atoms with van der Waals surface area (Å²) in [5.41, 5.74) is -0.0894. The van der Waals surface area contributed by atoms with Crippen LogP contribution >= 0.6 is 11.6 Å². The quantitative estimate of drug-likeness (QED) is 0.500. The molecule has 2 N–H and O–H groups in total. The lowest BCUT2D eigenvalue weighted by Gasteiger charge is -2.42. The number of allylic oxidation sites excluding steroid dienone is 3. The van der Waals surface area contributed by atoms with Crippen LogP contribution in [0.2, 0.25) is 5.02 Å². The molecule has 226 valence electrons. The molecule has 7 unspecified atom stereocenters. The van der Waals surface area contributed by atoms with E-state index in [1.54, 1.807) is 19.2 Å². The Labute approximate surface area is 246 Å². The fourth-order valence-corrected chi connectivity index (χ4v) is 6.19. The van der Waals surface area contributed by atoms with Gasteiger partial charge in [0.25, 0.3) is 0 Å². The van der Waals surface area contributed by atoms with Gasteiger partial charge in [0.05, 0.1) is 31.4 Å². The van der Waals surface area contributed by atoms with E-state index >= 15 is 0 Å². The van der Waals surface area contributed by atoms with E-state index in [4.69, 9.17) is 35.3 Å². The number of amides is 2. The van der Waals surface area contributed by atoms with Gasteiger partial charge in [0.1, 0.15) is 28.6 Å². The molecule has 7 atom stereocenters. The van der Waals surface area contributed by atoms with Gasteiger partial charge in [0.15, 0.2) is 5.72 Å². The number of anilines is 1. The standard InChI is InChI=1S/C30H41ClN2O8/c1-8-39-24-15-25(34)33(5)20-13-19(14-21(37-6)26(20)31)12-17(2)10-9-11-23(38-7)30(36)16-22(40-28(35)32-30)18(3)27-29(24,4)41-27/h9-11,13-14,18,22-24,27,36H,8,12,15-16H2,1-7H3,(H,32,35)/b11-9+,17-10+. The maximum absolute atomic E-state index is 13.6. The fourth-order valence-electron chi connectivity index (χ4n) is 5.87. The Morgan fingerprint density at radius 3 is 2.66 bits per heavy atom. The monoisotopic (exact) mass is 592 g/mol. The molecule has 11 heteroatoms. The van der Waals surface area contributed by atoms with E-state index in [0.29, 0.717) is 29.5 Å². The van der Waals surface area contributed by atoms with Gasteiger partial charge >= 0.3 is 6.09 Å². The van der Waals surface area contributed by atoms with Crippen LogP contribution in [0.4, 0.5) is 10.5 Å². The topological polar surface area (TPSA) is 119 Å². The Morgan fingerprint density at radius 1 is 1.27 bits per heavy atom. The van der Waals surface area contributed by atoms with E-state index in [0.717, 1.165) is 11.1 Å². The molecule has 0 aliphatic carbocycles. The van der Waals surface area contributed by atoms with Crippen LogP contribution in [0.5, 0.6) is 5.75 Å². The number of rotatable bonds is 4. The maximum Gasteiger partial charge on any atom is 0.409 e. The van der Waals surface area contributed by atoms with Gasteiger partial charge in [0.2, 0.25) is 5.91 Å². The summed E-state index contributed by atoms with van der Waals surface area (Å²) in [6, 6.07) is 3.73. The number of benzene rings is 1. The number of hydrogen-bond acceptors (Lipinski definition) is 8. The van der Waals surface area contributed by atoms with Crippen LogP contribution in [-0.2, 0) is 30.2 Å². The zero-order valence-corrected chi connectivity index (χ0v) is 25.5. The highest BCUT2D eigenvalue weighted by Crippen LogP contribution is 2.49. The second-order valence-electron chi connectivity index (χ2n) is 11.2. The van der Waals surface area contributed by atoms with Crippen LogP contribution in [-0.4, -0.2) is 80.7 Å². The van der Waals surface area contributed by atoms with E-state index in [9.17, 15) is 14.7 Å². The van der Waals surface area contributed by atoms with E-state index < -0.39 is 35.7 Å². The van der Waals surface area contributed by atoms with Crippen LogP contribution < -0.4 is 15.0 Å². The first-order chi connectivity index (χ1) is 19.4. The van der Waals surface area contributed by atoms with Crippen LogP contribution in [0.25, 0.3) is 0 Å². The Balaban J connectivity index is 1.77. The second kappa shape index (κ2) is 12.3. The molecule has 0 spiro atoms. The number of methoxy groups -OCH3 is 2. The summed E-state index contributed by atoms with van der Waals surface area (Å²) in [7, 11) is 4.69. The molecule has 10 nitrogen and oxygen atoms in total. The Kier molecular flexibility index (Phi) is 9.40. The van der Waals surface area contributed by atoms with E-state index in [1.807, 2.05) is 45.9 Å². The zero-order chi connectivity index (χ0) is 30.1. The van der Waals surface area contributed by atoms with Crippen molar-refractivity contribution in [2.24, 2.45) is 5.92 Å². The number of aliphatic hydroxyl groups is 1. The molecular formula is C30H41ClN2O8. The number of fused-ring (bicyclic) bond motifs is 5. The number of epoxide rings is 1. The minimum Gasteiger partial charge on any atom is -0.495 e. The minimum absolute atomic E-state index is 0.0392. The summed E-state index contributed by atoms with van der Waals surface area (Å²) >= 11 is 6.67. The van der Waals surface area contributed by atoms with Gasteiger partial charge in [-0.15, -0.1) is 0 Å². The predicted molar refractivity (Wildman–Crippen MR) is 154 cm³/mol. The van der Waals surface area contributed by atoms with Crippen molar-refractivity contribution < 1.29 is 38.4 Å². The van der Waals surface area contributed by atoms with Gasteiger partial charge in [-0.3, -0.25) is 10.1 Å². The summed E-state index contributed by atoms with van der Waals surface area (Å²) < 4.78 is 29.0. The number of halogens is 1. The lowest BCUT2D eigenvalue weighted by Crippen LogP contribution is -2.63. The molecule has 0 saturated carbocycles. The summed E-state index contributed by atoms with van der Waals surface area (Å²) in [6.07, 6.45) is 2.85. The van der Waals surface area contributed by atoms with Crippen molar-refractivity contribution in [1.82, 2.24) is 5.32 Å². The third-order valence-corrected chi connectivity index (χ3v) is 8.70. The van der Waals surface area contributed by atoms with Crippen LogP contribution in [0.15, 0.2) is 35.9 Å². The average molecular weight is 593 g/mol. The van der Waals surface area contributed by atoms with Crippen molar-refractivity contribution in [1.29, 1.82) is 0 Å². The Morgan fingerprint density at radius 2 is 2.00 bits per heavy atom. The van der Waals surface area contributed by atoms with Crippen molar-refractivity contribution in [2.45, 2.75) is 82.7 Å². The van der Waals surface area contributed by atoms with Crippen molar-refractivity contribution >= 4 is 29.3 Å². The molecule has 1 aromatic rings. The zero-order valence-electron chi connectivity index (χ0n) is 24.7. The normalized spacial score (nSPS) is 36.4. The molecule has 3 aliphatic heterocycles. The second-order valence-corrected chi connectivity index (χ2v) is 11.6. The third kappa shape index (κ3) is 6.41. The third-order valence-electron chi connectivity index (χ3n) is 8.32. The number of hydrogen-bond donors (Lipinski definition) is 2. The van der Waals surface area contributed by atoms with Gasteiger partial charge in [-0.2, -0.15) is 0 Å². The van der Waals surface area contributed by atoms with Gasteiger partial charge in [-0.1, -0.05) is 42.3 Å². The number of nitrogens with one attached hydrogen (secondary N) is 1. The number of carbonyl (C=O) groups is 2. The van der Waals surface area contributed by atoms with Crippen molar-refractivity contribution in [3.05, 3.63) is 46.5 Å². The molecular weight excluding hydrogens is 552 g/mol. The fraction of sp³-hybridized carbons (Fsp3) is 0.600.